The van der Waals surface area contributed by atoms with Gasteiger partial charge in [0, 0.05) is 39.7 Å². The summed E-state index contributed by atoms with van der Waals surface area (Å²) < 4.78 is 3.43. The van der Waals surface area contributed by atoms with Crippen molar-refractivity contribution in [2.45, 2.75) is 26.2 Å². The summed E-state index contributed by atoms with van der Waals surface area (Å²) >= 11 is 1.74. The van der Waals surface area contributed by atoms with Gasteiger partial charge in [0.2, 0.25) is 0 Å². The number of phenolic OH excluding ortho intramolecular Hbond substituents is 1. The third-order valence-corrected chi connectivity index (χ3v) is 6.43. The molecule has 0 amide bonds. The Morgan fingerprint density at radius 1 is 1.10 bits per heavy atom. The van der Waals surface area contributed by atoms with Crippen molar-refractivity contribution in [1.82, 2.24) is 14.4 Å². The second-order valence-electron chi connectivity index (χ2n) is 7.99. The maximum Gasteiger partial charge on any atom is 0.152 e. The summed E-state index contributed by atoms with van der Waals surface area (Å²) in [7, 11) is 0. The number of phenols is 1. The van der Waals surface area contributed by atoms with Gasteiger partial charge < -0.3 is 10.4 Å². The molecule has 5 rings (SSSR count). The Labute approximate surface area is 185 Å². The molecule has 0 fully saturated rings. The Hall–Kier alpha value is -3.38. The Bertz CT molecular complexity index is 1350. The van der Waals surface area contributed by atoms with Crippen LogP contribution in [0.4, 0.5) is 5.82 Å². The number of imidazole rings is 1. The predicted molar refractivity (Wildman–Crippen MR) is 128 cm³/mol. The smallest absolute Gasteiger partial charge is 0.152 e. The molecule has 2 aromatic carbocycles. The van der Waals surface area contributed by atoms with E-state index in [4.69, 9.17) is 4.98 Å². The maximum absolute atomic E-state index is 9.49. The minimum absolute atomic E-state index is 0.288. The van der Waals surface area contributed by atoms with Crippen LogP contribution in [0, 0.1) is 0 Å². The SMILES string of the molecule is CC(C)c1ncc2c(NCCc3ccc(O)cc3)nc(-c3csc4ccccc34)cn12. The van der Waals surface area contributed by atoms with Gasteiger partial charge in [-0.05, 0) is 30.2 Å². The summed E-state index contributed by atoms with van der Waals surface area (Å²) in [6, 6.07) is 15.8. The number of aromatic nitrogens is 3. The normalized spacial score (nSPS) is 11.6. The number of aromatic hydroxyl groups is 1. The minimum atomic E-state index is 0.288. The molecular formula is C25H24N4OS. The lowest BCUT2D eigenvalue weighted by molar-refractivity contribution is 0.475. The van der Waals surface area contributed by atoms with Gasteiger partial charge in [0.15, 0.2) is 5.82 Å². The third kappa shape index (κ3) is 3.75. The number of fused-ring (bicyclic) bond motifs is 2. The van der Waals surface area contributed by atoms with Crippen molar-refractivity contribution in [1.29, 1.82) is 0 Å². The van der Waals surface area contributed by atoms with E-state index in [2.05, 4.69) is 64.4 Å². The van der Waals surface area contributed by atoms with Gasteiger partial charge in [-0.1, -0.05) is 44.2 Å². The van der Waals surface area contributed by atoms with Crippen LogP contribution in [-0.4, -0.2) is 26.0 Å². The molecule has 6 heteroatoms. The lowest BCUT2D eigenvalue weighted by Gasteiger charge is -2.12. The molecule has 2 N–H and O–H groups in total. The van der Waals surface area contributed by atoms with Crippen LogP contribution < -0.4 is 5.32 Å². The molecule has 0 aliphatic rings. The average molecular weight is 429 g/mol. The van der Waals surface area contributed by atoms with Gasteiger partial charge in [0.1, 0.15) is 17.1 Å². The van der Waals surface area contributed by atoms with Crippen molar-refractivity contribution in [2.75, 3.05) is 11.9 Å². The Morgan fingerprint density at radius 3 is 2.71 bits per heavy atom. The van der Waals surface area contributed by atoms with Crippen LogP contribution >= 0.6 is 11.3 Å². The average Bonchev–Trinajstić information content (AvgIpc) is 3.39. The van der Waals surface area contributed by atoms with Gasteiger partial charge in [0.05, 0.1) is 11.9 Å². The van der Waals surface area contributed by atoms with Crippen LogP contribution in [0.1, 0.15) is 31.2 Å². The lowest BCUT2D eigenvalue weighted by atomic mass is 10.1. The predicted octanol–water partition coefficient (Wildman–Crippen LogP) is 6.09. The molecule has 0 saturated carbocycles. The van der Waals surface area contributed by atoms with E-state index in [0.29, 0.717) is 5.92 Å². The number of rotatable bonds is 6. The van der Waals surface area contributed by atoms with Gasteiger partial charge >= 0.3 is 0 Å². The highest BCUT2D eigenvalue weighted by Gasteiger charge is 2.16. The Balaban J connectivity index is 1.54. The first kappa shape index (κ1) is 19.6. The highest BCUT2D eigenvalue weighted by Crippen LogP contribution is 2.34. The van der Waals surface area contributed by atoms with Crippen molar-refractivity contribution in [3.8, 4) is 17.0 Å². The van der Waals surface area contributed by atoms with Crippen LogP contribution in [-0.2, 0) is 6.42 Å². The van der Waals surface area contributed by atoms with E-state index >= 15 is 0 Å². The second kappa shape index (κ2) is 8.04. The van der Waals surface area contributed by atoms with E-state index in [0.717, 1.165) is 46.9 Å². The highest BCUT2D eigenvalue weighted by molar-refractivity contribution is 7.17. The molecule has 31 heavy (non-hydrogen) atoms. The largest absolute Gasteiger partial charge is 0.508 e. The van der Waals surface area contributed by atoms with Crippen molar-refractivity contribution in [2.24, 2.45) is 0 Å². The molecule has 0 aliphatic heterocycles. The lowest BCUT2D eigenvalue weighted by Crippen LogP contribution is -2.09. The number of nitrogens with one attached hydrogen (secondary N) is 1. The van der Waals surface area contributed by atoms with Gasteiger partial charge in [-0.25, -0.2) is 9.97 Å². The first-order chi connectivity index (χ1) is 15.1. The summed E-state index contributed by atoms with van der Waals surface area (Å²) in [6.07, 6.45) is 4.85. The number of thiophene rings is 1. The quantitative estimate of drug-likeness (QED) is 0.343. The van der Waals surface area contributed by atoms with E-state index in [1.165, 1.54) is 10.1 Å². The van der Waals surface area contributed by atoms with E-state index in [9.17, 15) is 5.11 Å². The molecule has 0 unspecified atom stereocenters. The summed E-state index contributed by atoms with van der Waals surface area (Å²) in [5, 5.41) is 16.4. The highest BCUT2D eigenvalue weighted by atomic mass is 32.1. The van der Waals surface area contributed by atoms with Crippen LogP contribution in [0.5, 0.6) is 5.75 Å². The topological polar surface area (TPSA) is 62.5 Å². The van der Waals surface area contributed by atoms with Gasteiger partial charge in [-0.15, -0.1) is 11.3 Å². The fourth-order valence-electron chi connectivity index (χ4n) is 3.87. The molecule has 5 nitrogen and oxygen atoms in total. The van der Waals surface area contributed by atoms with Crippen LogP contribution in [0.25, 0.3) is 26.9 Å². The van der Waals surface area contributed by atoms with Gasteiger partial charge in [-0.2, -0.15) is 0 Å². The molecule has 0 saturated heterocycles. The second-order valence-corrected chi connectivity index (χ2v) is 8.90. The molecule has 0 bridgehead atoms. The van der Waals surface area contributed by atoms with E-state index in [1.54, 1.807) is 23.5 Å². The Morgan fingerprint density at radius 2 is 1.90 bits per heavy atom. The van der Waals surface area contributed by atoms with Crippen molar-refractivity contribution in [3.63, 3.8) is 0 Å². The first-order valence-electron chi connectivity index (χ1n) is 10.5. The van der Waals surface area contributed by atoms with Crippen molar-refractivity contribution in [3.05, 3.63) is 77.7 Å². The number of benzene rings is 2. The molecule has 0 spiro atoms. The molecule has 3 aromatic heterocycles. The molecule has 3 heterocycles. The minimum Gasteiger partial charge on any atom is -0.508 e. The molecule has 0 aliphatic carbocycles. The third-order valence-electron chi connectivity index (χ3n) is 5.47. The Kier molecular flexibility index (Phi) is 5.08. The fraction of sp³-hybridized carbons (Fsp3) is 0.200. The zero-order chi connectivity index (χ0) is 21.4. The molecule has 0 atom stereocenters. The molecular weight excluding hydrogens is 404 g/mol. The first-order valence-corrected chi connectivity index (χ1v) is 11.3. The molecule has 156 valence electrons. The van der Waals surface area contributed by atoms with Crippen LogP contribution in [0.3, 0.4) is 0 Å². The maximum atomic E-state index is 9.49. The number of hydrogen-bond donors (Lipinski definition) is 2. The summed E-state index contributed by atoms with van der Waals surface area (Å²) in [4.78, 5) is 9.68. The van der Waals surface area contributed by atoms with E-state index in [-0.39, 0.29) is 5.75 Å². The van der Waals surface area contributed by atoms with Crippen molar-refractivity contribution >= 4 is 32.8 Å². The summed E-state index contributed by atoms with van der Waals surface area (Å²) in [6.45, 7) is 5.06. The zero-order valence-electron chi connectivity index (χ0n) is 17.5. The number of nitrogens with zero attached hydrogens (tertiary/aromatic N) is 3. The van der Waals surface area contributed by atoms with E-state index < -0.39 is 0 Å². The molecule has 5 aromatic rings. The summed E-state index contributed by atoms with van der Waals surface area (Å²) in [5.74, 6) is 2.46. The fourth-order valence-corrected chi connectivity index (χ4v) is 4.82. The summed E-state index contributed by atoms with van der Waals surface area (Å²) in [5.41, 5.74) is 4.24. The number of anilines is 1. The monoisotopic (exact) mass is 428 g/mol. The van der Waals surface area contributed by atoms with Gasteiger partial charge in [-0.3, -0.25) is 4.40 Å². The van der Waals surface area contributed by atoms with Crippen LogP contribution in [0.2, 0.25) is 0 Å². The van der Waals surface area contributed by atoms with Gasteiger partial charge in [0.25, 0.3) is 0 Å². The molecule has 0 radical (unpaired) electrons. The van der Waals surface area contributed by atoms with Crippen LogP contribution in [0.15, 0.2) is 66.3 Å². The standard InChI is InChI=1S/C25H24N4OS/c1-16(2)25-27-13-22-24(26-12-11-17-7-9-18(30)10-8-17)28-21(14-29(22)25)20-15-31-23-6-4-3-5-19(20)23/h3-10,13-16,30H,11-12H2,1-2H3,(H,26,28). The number of hydrogen-bond acceptors (Lipinski definition) is 5. The van der Waals surface area contributed by atoms with E-state index in [1.807, 2.05) is 18.3 Å². The zero-order valence-corrected chi connectivity index (χ0v) is 18.4. The van der Waals surface area contributed by atoms with Crippen molar-refractivity contribution < 1.29 is 5.11 Å².